The summed E-state index contributed by atoms with van der Waals surface area (Å²) in [5.41, 5.74) is 0. The Hall–Kier alpha value is 0.158. The van der Waals surface area contributed by atoms with Gasteiger partial charge >= 0.3 is 0 Å². The molecule has 0 atom stereocenters. The first kappa shape index (κ1) is 8.16. The summed E-state index contributed by atoms with van der Waals surface area (Å²) in [5.74, 6) is 0. The van der Waals surface area contributed by atoms with Crippen LogP contribution in [0, 0.1) is 0 Å². The fourth-order valence-electron chi connectivity index (χ4n) is 0.847. The van der Waals surface area contributed by atoms with E-state index < -0.39 is 0 Å². The maximum Gasteiger partial charge on any atom is 0.209 e. The summed E-state index contributed by atoms with van der Waals surface area (Å²) in [5, 5.41) is 0. The Labute approximate surface area is 63.5 Å². The van der Waals surface area contributed by atoms with Crippen LogP contribution in [0.2, 0.25) is 0 Å². The third kappa shape index (κ3) is 1.95. The average molecular weight is 283 g/mol. The van der Waals surface area contributed by atoms with Crippen LogP contribution in [0.5, 0.6) is 0 Å². The number of rotatable bonds is 1. The van der Waals surface area contributed by atoms with Crippen molar-refractivity contribution >= 4 is 6.41 Å². The summed E-state index contributed by atoms with van der Waals surface area (Å²) in [6.07, 6.45) is 3.31. The number of hydrogen-bond donors (Lipinski definition) is 0. The Morgan fingerprint density at radius 2 is 1.75 bits per heavy atom. The van der Waals surface area contributed by atoms with Crippen molar-refractivity contribution in [2.24, 2.45) is 0 Å². The second kappa shape index (κ2) is 4.08. The predicted octanol–water partition coefficient (Wildman–Crippen LogP) is 0.236. The van der Waals surface area contributed by atoms with Gasteiger partial charge < -0.3 is 4.90 Å². The van der Waals surface area contributed by atoms with Crippen LogP contribution >= 0.6 is 0 Å². The van der Waals surface area contributed by atoms with Crippen molar-refractivity contribution in [1.82, 2.24) is 4.90 Å². The van der Waals surface area contributed by atoms with Gasteiger partial charge in [0.05, 0.1) is 0 Å². The molecule has 0 aromatic heterocycles. The van der Waals surface area contributed by atoms with Crippen LogP contribution in [-0.4, -0.2) is 24.4 Å². The minimum atomic E-state index is 0. The molecule has 46 valence electrons. The van der Waals surface area contributed by atoms with Crippen molar-refractivity contribution in [3.8, 4) is 0 Å². The summed E-state index contributed by atoms with van der Waals surface area (Å²) in [7, 11) is 0. The summed E-state index contributed by atoms with van der Waals surface area (Å²) >= 11 is 0. The fourth-order valence-corrected chi connectivity index (χ4v) is 0.847. The van der Waals surface area contributed by atoms with E-state index in [9.17, 15) is 4.79 Å². The SMILES string of the molecule is O=CN1CCCC1.[W]. The molecule has 1 rings (SSSR count). The first-order valence-corrected chi connectivity index (χ1v) is 2.63. The predicted molar refractivity (Wildman–Crippen MR) is 26.9 cm³/mol. The van der Waals surface area contributed by atoms with Crippen molar-refractivity contribution in [3.05, 3.63) is 0 Å². The number of carbonyl (C=O) groups is 1. The van der Waals surface area contributed by atoms with E-state index in [1.54, 1.807) is 4.90 Å². The normalized spacial score (nSPS) is 17.8. The topological polar surface area (TPSA) is 20.3 Å². The zero-order valence-electron chi connectivity index (χ0n) is 4.67. The van der Waals surface area contributed by atoms with E-state index in [4.69, 9.17) is 0 Å². The Kier molecular flexibility index (Phi) is 4.16. The van der Waals surface area contributed by atoms with Gasteiger partial charge in [0.15, 0.2) is 0 Å². The van der Waals surface area contributed by atoms with E-state index in [2.05, 4.69) is 0 Å². The van der Waals surface area contributed by atoms with Crippen LogP contribution in [0.4, 0.5) is 0 Å². The van der Waals surface area contributed by atoms with Gasteiger partial charge in [-0.3, -0.25) is 4.79 Å². The first-order valence-electron chi connectivity index (χ1n) is 2.63. The van der Waals surface area contributed by atoms with Crippen LogP contribution < -0.4 is 0 Å². The molecule has 1 saturated heterocycles. The maximum absolute atomic E-state index is 9.93. The van der Waals surface area contributed by atoms with Gasteiger partial charge in [-0.25, -0.2) is 0 Å². The number of hydrogen-bond acceptors (Lipinski definition) is 1. The minimum Gasteiger partial charge on any atom is -0.345 e. The third-order valence-electron chi connectivity index (χ3n) is 1.29. The van der Waals surface area contributed by atoms with Gasteiger partial charge in [0.2, 0.25) is 6.41 Å². The fraction of sp³-hybridized carbons (Fsp3) is 0.800. The van der Waals surface area contributed by atoms with Crippen LogP contribution in [-0.2, 0) is 25.9 Å². The Morgan fingerprint density at radius 1 is 1.25 bits per heavy atom. The Balaban J connectivity index is 0.000000490. The molecule has 0 saturated carbocycles. The molecule has 1 heterocycles. The molecule has 0 aromatic rings. The third-order valence-corrected chi connectivity index (χ3v) is 1.29. The molecule has 3 heteroatoms. The molecule has 2 nitrogen and oxygen atoms in total. The number of likely N-dealkylation sites (tertiary alicyclic amines) is 1. The molecule has 1 aliphatic heterocycles. The summed E-state index contributed by atoms with van der Waals surface area (Å²) < 4.78 is 0. The van der Waals surface area contributed by atoms with E-state index in [0.29, 0.717) is 0 Å². The second-order valence-corrected chi connectivity index (χ2v) is 1.85. The Morgan fingerprint density at radius 3 is 2.00 bits per heavy atom. The Bertz CT molecular complexity index is 70.8. The zero-order valence-corrected chi connectivity index (χ0v) is 7.60. The van der Waals surface area contributed by atoms with Crippen molar-refractivity contribution in [3.63, 3.8) is 0 Å². The van der Waals surface area contributed by atoms with Crippen molar-refractivity contribution in [2.75, 3.05) is 13.1 Å². The van der Waals surface area contributed by atoms with E-state index >= 15 is 0 Å². The summed E-state index contributed by atoms with van der Waals surface area (Å²) in [6, 6.07) is 0. The van der Waals surface area contributed by atoms with Gasteiger partial charge in [0.1, 0.15) is 0 Å². The number of amides is 1. The molecule has 0 N–H and O–H groups in total. The van der Waals surface area contributed by atoms with Gasteiger partial charge in [-0.15, -0.1) is 0 Å². The molecular formula is C5H9NOW. The molecule has 0 bridgehead atoms. The zero-order chi connectivity index (χ0) is 5.11. The smallest absolute Gasteiger partial charge is 0.209 e. The quantitative estimate of drug-likeness (QED) is 0.631. The molecular weight excluding hydrogens is 274 g/mol. The van der Waals surface area contributed by atoms with Crippen LogP contribution in [0.1, 0.15) is 12.8 Å². The van der Waals surface area contributed by atoms with E-state index in [1.165, 1.54) is 12.8 Å². The van der Waals surface area contributed by atoms with Gasteiger partial charge in [-0.1, -0.05) is 0 Å². The van der Waals surface area contributed by atoms with Crippen molar-refractivity contribution in [1.29, 1.82) is 0 Å². The molecule has 1 amide bonds. The van der Waals surface area contributed by atoms with Crippen molar-refractivity contribution in [2.45, 2.75) is 12.8 Å². The molecule has 1 fully saturated rings. The van der Waals surface area contributed by atoms with Crippen molar-refractivity contribution < 1.29 is 25.9 Å². The molecule has 1 aliphatic rings. The molecule has 0 spiro atoms. The van der Waals surface area contributed by atoms with E-state index in [0.717, 1.165) is 19.5 Å². The van der Waals surface area contributed by atoms with Gasteiger partial charge in [0, 0.05) is 34.2 Å². The molecule has 0 aliphatic carbocycles. The van der Waals surface area contributed by atoms with Gasteiger partial charge in [0.25, 0.3) is 0 Å². The van der Waals surface area contributed by atoms with E-state index in [1.807, 2.05) is 0 Å². The number of carbonyl (C=O) groups excluding carboxylic acids is 1. The largest absolute Gasteiger partial charge is 0.345 e. The second-order valence-electron chi connectivity index (χ2n) is 1.85. The molecule has 8 heavy (non-hydrogen) atoms. The number of nitrogens with zero attached hydrogens (tertiary/aromatic N) is 1. The van der Waals surface area contributed by atoms with Crippen LogP contribution in [0.25, 0.3) is 0 Å². The summed E-state index contributed by atoms with van der Waals surface area (Å²) in [6.45, 7) is 1.95. The molecule has 0 radical (unpaired) electrons. The van der Waals surface area contributed by atoms with Crippen LogP contribution in [0.15, 0.2) is 0 Å². The minimum absolute atomic E-state index is 0. The van der Waals surface area contributed by atoms with Crippen LogP contribution in [0.3, 0.4) is 0 Å². The first-order chi connectivity index (χ1) is 3.43. The standard InChI is InChI=1S/C5H9NO.W/c7-5-6-3-1-2-4-6;/h5H,1-4H2;. The van der Waals surface area contributed by atoms with E-state index in [-0.39, 0.29) is 21.1 Å². The summed E-state index contributed by atoms with van der Waals surface area (Å²) in [4.78, 5) is 11.7. The maximum atomic E-state index is 9.93. The monoisotopic (exact) mass is 283 g/mol. The average Bonchev–Trinajstić information content (AvgIpc) is 2.14. The molecule has 0 unspecified atom stereocenters. The molecule has 0 aromatic carbocycles. The van der Waals surface area contributed by atoms with Gasteiger partial charge in [-0.05, 0) is 12.8 Å². The van der Waals surface area contributed by atoms with Gasteiger partial charge in [-0.2, -0.15) is 0 Å².